The van der Waals surface area contributed by atoms with Crippen LogP contribution in [0.3, 0.4) is 0 Å². The first kappa shape index (κ1) is 17.4. The summed E-state index contributed by atoms with van der Waals surface area (Å²) in [5, 5.41) is 1.53. The van der Waals surface area contributed by atoms with Crippen LogP contribution in [0, 0.1) is 0 Å². The Morgan fingerprint density at radius 1 is 1.25 bits per heavy atom. The van der Waals surface area contributed by atoms with Crippen LogP contribution in [0.25, 0.3) is 0 Å². The molecule has 2 aromatic rings. The summed E-state index contributed by atoms with van der Waals surface area (Å²) in [6, 6.07) is 6.33. The maximum Gasteiger partial charge on any atom is 0.195 e. The van der Waals surface area contributed by atoms with Gasteiger partial charge in [0.05, 0.1) is 19.8 Å². The summed E-state index contributed by atoms with van der Waals surface area (Å²) in [7, 11) is 2.13. The molecule has 1 unspecified atom stereocenters. The van der Waals surface area contributed by atoms with Crippen molar-refractivity contribution in [2.24, 2.45) is 0 Å². The molecule has 0 radical (unpaired) electrons. The third-order valence-corrected chi connectivity index (χ3v) is 4.86. The van der Waals surface area contributed by atoms with Gasteiger partial charge in [-0.2, -0.15) is 0 Å². The number of furan rings is 1. The van der Waals surface area contributed by atoms with Gasteiger partial charge in [0, 0.05) is 38.1 Å². The van der Waals surface area contributed by atoms with E-state index in [1.807, 2.05) is 18.2 Å². The fraction of sp³-hybridized carbons (Fsp3) is 0.529. The van der Waals surface area contributed by atoms with E-state index in [9.17, 15) is 0 Å². The molecule has 3 rings (SSSR count). The minimum Gasteiger partial charge on any atom is -0.453 e. The first-order valence-electron chi connectivity index (χ1n) is 8.24. The lowest BCUT2D eigenvalue weighted by molar-refractivity contribution is 0.0133. The molecule has 0 aliphatic carbocycles. The lowest BCUT2D eigenvalue weighted by Crippen LogP contribution is -2.46. The smallest absolute Gasteiger partial charge is 0.195 e. The van der Waals surface area contributed by atoms with E-state index in [1.54, 1.807) is 12.4 Å². The molecule has 24 heavy (non-hydrogen) atoms. The van der Waals surface area contributed by atoms with Crippen molar-refractivity contribution in [2.45, 2.75) is 29.8 Å². The van der Waals surface area contributed by atoms with Crippen LogP contribution in [0.5, 0.6) is 0 Å². The number of hydrogen-bond donors (Lipinski definition) is 0. The molecule has 0 saturated carbocycles. The first-order chi connectivity index (χ1) is 11.7. The number of nitrogens with zero attached hydrogens (tertiary/aromatic N) is 4. The molecule has 0 spiro atoms. The second kappa shape index (κ2) is 8.62. The zero-order valence-corrected chi connectivity index (χ0v) is 15.0. The lowest BCUT2D eigenvalue weighted by atomic mass is 10.2. The standard InChI is InChI=1S/C17H24N4O2S/c1-14(21-8-10-22-11-9-21)12-20(2)13-15-4-5-16(23-15)24-17-18-6-3-7-19-17/h3-7,14H,8-13H2,1-2H3. The Balaban J connectivity index is 1.48. The number of ether oxygens (including phenoxy) is 1. The summed E-state index contributed by atoms with van der Waals surface area (Å²) < 4.78 is 11.3. The fourth-order valence-corrected chi connectivity index (χ4v) is 3.53. The molecule has 0 aromatic carbocycles. The Bertz CT molecular complexity index is 616. The van der Waals surface area contributed by atoms with Crippen molar-refractivity contribution in [3.8, 4) is 0 Å². The van der Waals surface area contributed by atoms with E-state index in [0.717, 1.165) is 50.2 Å². The normalized spacial score (nSPS) is 17.3. The van der Waals surface area contributed by atoms with Crippen LogP contribution in [0.1, 0.15) is 12.7 Å². The van der Waals surface area contributed by atoms with Crippen LogP contribution < -0.4 is 0 Å². The molecule has 1 fully saturated rings. The Hall–Kier alpha value is -1.41. The summed E-state index contributed by atoms with van der Waals surface area (Å²) in [6.45, 7) is 7.80. The molecule has 0 amide bonds. The van der Waals surface area contributed by atoms with Crippen molar-refractivity contribution in [2.75, 3.05) is 39.9 Å². The van der Waals surface area contributed by atoms with E-state index in [1.165, 1.54) is 11.8 Å². The summed E-state index contributed by atoms with van der Waals surface area (Å²) >= 11 is 1.44. The van der Waals surface area contributed by atoms with Gasteiger partial charge in [0.25, 0.3) is 0 Å². The van der Waals surface area contributed by atoms with Gasteiger partial charge >= 0.3 is 0 Å². The van der Waals surface area contributed by atoms with Gasteiger partial charge in [-0.15, -0.1) is 0 Å². The van der Waals surface area contributed by atoms with Crippen LogP contribution in [-0.4, -0.2) is 65.7 Å². The number of rotatable bonds is 7. The number of likely N-dealkylation sites (N-methyl/N-ethyl adjacent to an activating group) is 1. The van der Waals surface area contributed by atoms with Crippen molar-refractivity contribution in [1.82, 2.24) is 19.8 Å². The molecule has 1 atom stereocenters. The third kappa shape index (κ3) is 5.04. The van der Waals surface area contributed by atoms with Gasteiger partial charge in [-0.05, 0) is 43.9 Å². The maximum atomic E-state index is 5.89. The van der Waals surface area contributed by atoms with Crippen LogP contribution in [0.2, 0.25) is 0 Å². The maximum absolute atomic E-state index is 5.89. The summed E-state index contributed by atoms with van der Waals surface area (Å²) in [6.07, 6.45) is 3.47. The van der Waals surface area contributed by atoms with Crippen LogP contribution >= 0.6 is 11.8 Å². The number of morpholine rings is 1. The molecule has 1 aliphatic heterocycles. The van der Waals surface area contributed by atoms with E-state index in [4.69, 9.17) is 9.15 Å². The van der Waals surface area contributed by atoms with E-state index >= 15 is 0 Å². The fourth-order valence-electron chi connectivity index (χ4n) is 2.84. The minimum absolute atomic E-state index is 0.514. The van der Waals surface area contributed by atoms with Gasteiger partial charge in [0.2, 0.25) is 0 Å². The van der Waals surface area contributed by atoms with Gasteiger partial charge in [0.15, 0.2) is 10.2 Å². The molecule has 6 nitrogen and oxygen atoms in total. The third-order valence-electron chi connectivity index (χ3n) is 4.04. The zero-order chi connectivity index (χ0) is 16.8. The second-order valence-electron chi connectivity index (χ2n) is 6.05. The average Bonchev–Trinajstić information content (AvgIpc) is 3.03. The van der Waals surface area contributed by atoms with Gasteiger partial charge in [-0.3, -0.25) is 9.80 Å². The topological polar surface area (TPSA) is 54.6 Å². The molecule has 130 valence electrons. The Morgan fingerprint density at radius 2 is 2.00 bits per heavy atom. The molecule has 1 aliphatic rings. The summed E-state index contributed by atoms with van der Waals surface area (Å²) in [5.74, 6) is 0.963. The van der Waals surface area contributed by atoms with Crippen molar-refractivity contribution in [1.29, 1.82) is 0 Å². The highest BCUT2D eigenvalue weighted by atomic mass is 32.2. The zero-order valence-electron chi connectivity index (χ0n) is 14.2. The average molecular weight is 348 g/mol. The SMILES string of the molecule is CC(CN(C)Cc1ccc(Sc2ncccn2)o1)N1CCOCC1. The monoisotopic (exact) mass is 348 g/mol. The van der Waals surface area contributed by atoms with Crippen LogP contribution in [-0.2, 0) is 11.3 Å². The molecule has 1 saturated heterocycles. The van der Waals surface area contributed by atoms with E-state index in [2.05, 4.69) is 33.7 Å². The summed E-state index contributed by atoms with van der Waals surface area (Å²) in [4.78, 5) is 13.2. The predicted octanol–water partition coefficient (Wildman–Crippen LogP) is 2.37. The second-order valence-corrected chi connectivity index (χ2v) is 7.02. The van der Waals surface area contributed by atoms with Crippen LogP contribution in [0.4, 0.5) is 0 Å². The Labute approximate surface area is 147 Å². The van der Waals surface area contributed by atoms with Gasteiger partial charge < -0.3 is 9.15 Å². The number of aromatic nitrogens is 2. The largest absolute Gasteiger partial charge is 0.453 e. The molecule has 0 N–H and O–H groups in total. The van der Waals surface area contributed by atoms with Crippen molar-refractivity contribution >= 4 is 11.8 Å². The Kier molecular flexibility index (Phi) is 6.25. The van der Waals surface area contributed by atoms with Crippen molar-refractivity contribution in [3.05, 3.63) is 36.4 Å². The lowest BCUT2D eigenvalue weighted by Gasteiger charge is -2.34. The molecule has 2 aromatic heterocycles. The van der Waals surface area contributed by atoms with Gasteiger partial charge in [-0.1, -0.05) is 0 Å². The molecule has 7 heteroatoms. The first-order valence-corrected chi connectivity index (χ1v) is 9.06. The summed E-state index contributed by atoms with van der Waals surface area (Å²) in [5.41, 5.74) is 0. The highest BCUT2D eigenvalue weighted by Crippen LogP contribution is 2.26. The van der Waals surface area contributed by atoms with Gasteiger partial charge in [0.1, 0.15) is 5.76 Å². The van der Waals surface area contributed by atoms with E-state index < -0.39 is 0 Å². The molecule has 3 heterocycles. The van der Waals surface area contributed by atoms with Crippen LogP contribution in [0.15, 0.2) is 45.3 Å². The number of hydrogen-bond acceptors (Lipinski definition) is 7. The highest BCUT2D eigenvalue weighted by Gasteiger charge is 2.18. The van der Waals surface area contributed by atoms with E-state index in [0.29, 0.717) is 11.2 Å². The molecule has 0 bridgehead atoms. The van der Waals surface area contributed by atoms with Crippen molar-refractivity contribution < 1.29 is 9.15 Å². The van der Waals surface area contributed by atoms with Crippen molar-refractivity contribution in [3.63, 3.8) is 0 Å². The van der Waals surface area contributed by atoms with Gasteiger partial charge in [-0.25, -0.2) is 9.97 Å². The molecular weight excluding hydrogens is 324 g/mol. The molecular formula is C17H24N4O2S. The Morgan fingerprint density at radius 3 is 2.75 bits per heavy atom. The minimum atomic E-state index is 0.514. The quantitative estimate of drug-likeness (QED) is 0.712. The predicted molar refractivity (Wildman–Crippen MR) is 93.1 cm³/mol. The highest BCUT2D eigenvalue weighted by molar-refractivity contribution is 7.99. The van der Waals surface area contributed by atoms with E-state index in [-0.39, 0.29) is 0 Å².